The van der Waals surface area contributed by atoms with Crippen LogP contribution in [-0.4, -0.2) is 67.9 Å². The van der Waals surface area contributed by atoms with E-state index < -0.39 is 0 Å². The van der Waals surface area contributed by atoms with Gasteiger partial charge in [-0.2, -0.15) is 0 Å². The molecule has 2 atom stereocenters. The molecule has 3 N–H and O–H groups in total. The Morgan fingerprint density at radius 3 is 3.05 bits per heavy atom. The standard InChI is InChI=1S/C12H23N3O3S/c1-9(12(16)14-4-3-6-17-2)15-5-7-18-10(8-15)11(13)19/h9-10H,3-8H2,1-2H3,(H2,13,19)(H,14,16). The van der Waals surface area contributed by atoms with Crippen molar-refractivity contribution in [2.24, 2.45) is 5.73 Å². The number of nitrogens with one attached hydrogen (secondary N) is 1. The molecule has 1 aliphatic heterocycles. The zero-order valence-electron chi connectivity index (χ0n) is 11.6. The molecular weight excluding hydrogens is 266 g/mol. The van der Waals surface area contributed by atoms with Crippen LogP contribution in [-0.2, 0) is 14.3 Å². The highest BCUT2D eigenvalue weighted by atomic mass is 32.1. The van der Waals surface area contributed by atoms with Crippen molar-refractivity contribution in [3.8, 4) is 0 Å². The highest BCUT2D eigenvalue weighted by Gasteiger charge is 2.28. The van der Waals surface area contributed by atoms with Gasteiger partial charge in [0.25, 0.3) is 0 Å². The summed E-state index contributed by atoms with van der Waals surface area (Å²) < 4.78 is 10.4. The number of carbonyl (C=O) groups is 1. The molecule has 110 valence electrons. The molecule has 1 aliphatic rings. The molecule has 6 nitrogen and oxygen atoms in total. The Balaban J connectivity index is 2.36. The first-order valence-electron chi connectivity index (χ1n) is 6.48. The van der Waals surface area contributed by atoms with Crippen LogP contribution in [0.4, 0.5) is 0 Å². The summed E-state index contributed by atoms with van der Waals surface area (Å²) in [5.74, 6) is 0.0136. The zero-order valence-corrected chi connectivity index (χ0v) is 12.4. The van der Waals surface area contributed by atoms with Gasteiger partial charge in [0, 0.05) is 33.4 Å². The van der Waals surface area contributed by atoms with Crippen LogP contribution in [0.2, 0.25) is 0 Å². The van der Waals surface area contributed by atoms with Crippen molar-refractivity contribution >= 4 is 23.1 Å². The Labute approximate surface area is 119 Å². The normalized spacial score (nSPS) is 21.9. The van der Waals surface area contributed by atoms with Crippen molar-refractivity contribution in [1.29, 1.82) is 0 Å². The molecule has 2 unspecified atom stereocenters. The minimum atomic E-state index is -0.257. The van der Waals surface area contributed by atoms with Crippen molar-refractivity contribution < 1.29 is 14.3 Å². The Bertz CT molecular complexity index is 315. The van der Waals surface area contributed by atoms with Gasteiger partial charge in [-0.3, -0.25) is 9.69 Å². The number of nitrogens with two attached hydrogens (primary N) is 1. The second kappa shape index (κ2) is 8.42. The summed E-state index contributed by atoms with van der Waals surface area (Å²) in [5, 5.41) is 2.89. The summed E-state index contributed by atoms with van der Waals surface area (Å²) in [7, 11) is 1.65. The molecule has 0 aromatic carbocycles. The Morgan fingerprint density at radius 2 is 2.42 bits per heavy atom. The lowest BCUT2D eigenvalue weighted by molar-refractivity contribution is -0.128. The third kappa shape index (κ3) is 5.40. The predicted molar refractivity (Wildman–Crippen MR) is 77.1 cm³/mol. The minimum absolute atomic E-state index is 0.0136. The molecular formula is C12H23N3O3S. The van der Waals surface area contributed by atoms with Gasteiger partial charge in [-0.25, -0.2) is 0 Å². The van der Waals surface area contributed by atoms with E-state index in [0.29, 0.717) is 37.8 Å². The van der Waals surface area contributed by atoms with Gasteiger partial charge in [0.05, 0.1) is 12.6 Å². The van der Waals surface area contributed by atoms with E-state index in [0.717, 1.165) is 6.42 Å². The monoisotopic (exact) mass is 289 g/mol. The largest absolute Gasteiger partial charge is 0.391 e. The number of carbonyl (C=O) groups excluding carboxylic acids is 1. The molecule has 0 saturated carbocycles. The number of methoxy groups -OCH3 is 1. The molecule has 1 heterocycles. The van der Waals surface area contributed by atoms with E-state index in [-0.39, 0.29) is 18.1 Å². The van der Waals surface area contributed by atoms with Gasteiger partial charge >= 0.3 is 0 Å². The van der Waals surface area contributed by atoms with E-state index in [4.69, 9.17) is 27.4 Å². The van der Waals surface area contributed by atoms with Gasteiger partial charge in [0.1, 0.15) is 11.1 Å². The van der Waals surface area contributed by atoms with E-state index >= 15 is 0 Å². The van der Waals surface area contributed by atoms with E-state index in [1.807, 2.05) is 11.8 Å². The quantitative estimate of drug-likeness (QED) is 0.487. The maximum Gasteiger partial charge on any atom is 0.237 e. The van der Waals surface area contributed by atoms with Crippen molar-refractivity contribution in [2.45, 2.75) is 25.5 Å². The van der Waals surface area contributed by atoms with Crippen LogP contribution >= 0.6 is 12.2 Å². The van der Waals surface area contributed by atoms with Crippen molar-refractivity contribution in [3.05, 3.63) is 0 Å². The number of morpholine rings is 1. The number of hydrogen-bond acceptors (Lipinski definition) is 5. The lowest BCUT2D eigenvalue weighted by Crippen LogP contribution is -2.54. The Morgan fingerprint density at radius 1 is 1.68 bits per heavy atom. The fourth-order valence-electron chi connectivity index (χ4n) is 1.93. The van der Waals surface area contributed by atoms with Crippen molar-refractivity contribution in [3.63, 3.8) is 0 Å². The van der Waals surface area contributed by atoms with Gasteiger partial charge in [-0.05, 0) is 13.3 Å². The van der Waals surface area contributed by atoms with Crippen LogP contribution in [0.1, 0.15) is 13.3 Å². The van der Waals surface area contributed by atoms with Gasteiger partial charge in [-0.1, -0.05) is 12.2 Å². The maximum atomic E-state index is 12.0. The third-order valence-electron chi connectivity index (χ3n) is 3.17. The van der Waals surface area contributed by atoms with E-state index in [2.05, 4.69) is 5.32 Å². The summed E-state index contributed by atoms with van der Waals surface area (Å²) in [6, 6.07) is -0.205. The summed E-state index contributed by atoms with van der Waals surface area (Å²) in [6.45, 7) is 4.99. The Hall–Kier alpha value is -0.760. The molecule has 0 aromatic heterocycles. The van der Waals surface area contributed by atoms with Crippen molar-refractivity contribution in [2.75, 3.05) is 40.0 Å². The number of rotatable bonds is 7. The first kappa shape index (κ1) is 16.3. The molecule has 1 amide bonds. The number of hydrogen-bond donors (Lipinski definition) is 2. The van der Waals surface area contributed by atoms with Crippen LogP contribution < -0.4 is 11.1 Å². The summed E-state index contributed by atoms with van der Waals surface area (Å²) in [5.41, 5.74) is 5.58. The number of nitrogens with zero attached hydrogens (tertiary/aromatic N) is 1. The fraction of sp³-hybridized carbons (Fsp3) is 0.833. The first-order chi connectivity index (χ1) is 9.06. The van der Waals surface area contributed by atoms with Crippen LogP contribution in [0.5, 0.6) is 0 Å². The zero-order chi connectivity index (χ0) is 14.3. The second-order valence-corrected chi connectivity index (χ2v) is 5.04. The van der Waals surface area contributed by atoms with E-state index in [1.54, 1.807) is 7.11 Å². The number of amides is 1. The highest BCUT2D eigenvalue weighted by Crippen LogP contribution is 2.09. The summed E-state index contributed by atoms with van der Waals surface area (Å²) in [4.78, 5) is 14.4. The second-order valence-electron chi connectivity index (χ2n) is 4.57. The predicted octanol–water partition coefficient (Wildman–Crippen LogP) is -0.485. The molecule has 0 bridgehead atoms. The maximum absolute atomic E-state index is 12.0. The minimum Gasteiger partial charge on any atom is -0.391 e. The Kier molecular flexibility index (Phi) is 7.22. The van der Waals surface area contributed by atoms with Crippen LogP contribution in [0.3, 0.4) is 0 Å². The van der Waals surface area contributed by atoms with E-state index in [1.165, 1.54) is 0 Å². The molecule has 1 saturated heterocycles. The molecule has 0 radical (unpaired) electrons. The number of thiocarbonyl (C=S) groups is 1. The van der Waals surface area contributed by atoms with Crippen LogP contribution in [0.15, 0.2) is 0 Å². The first-order valence-corrected chi connectivity index (χ1v) is 6.88. The summed E-state index contributed by atoms with van der Waals surface area (Å²) in [6.07, 6.45) is 0.556. The molecule has 0 aromatic rings. The third-order valence-corrected chi connectivity index (χ3v) is 3.43. The molecule has 0 spiro atoms. The van der Waals surface area contributed by atoms with Gasteiger partial charge in [0.15, 0.2) is 0 Å². The molecule has 1 rings (SSSR count). The van der Waals surface area contributed by atoms with Crippen LogP contribution in [0.25, 0.3) is 0 Å². The summed E-state index contributed by atoms with van der Waals surface area (Å²) >= 11 is 4.93. The van der Waals surface area contributed by atoms with Gasteiger partial charge < -0.3 is 20.5 Å². The van der Waals surface area contributed by atoms with Gasteiger partial charge in [-0.15, -0.1) is 0 Å². The molecule has 1 fully saturated rings. The highest BCUT2D eigenvalue weighted by molar-refractivity contribution is 7.80. The topological polar surface area (TPSA) is 76.8 Å². The molecule has 7 heteroatoms. The lowest BCUT2D eigenvalue weighted by Gasteiger charge is -2.35. The smallest absolute Gasteiger partial charge is 0.237 e. The van der Waals surface area contributed by atoms with Crippen molar-refractivity contribution in [1.82, 2.24) is 10.2 Å². The molecule has 0 aliphatic carbocycles. The molecule has 19 heavy (non-hydrogen) atoms. The average molecular weight is 289 g/mol. The van der Waals surface area contributed by atoms with E-state index in [9.17, 15) is 4.79 Å². The lowest BCUT2D eigenvalue weighted by atomic mass is 10.2. The number of ether oxygens (including phenoxy) is 2. The van der Waals surface area contributed by atoms with Gasteiger partial charge in [0.2, 0.25) is 5.91 Å². The fourth-order valence-corrected chi connectivity index (χ4v) is 2.08. The van der Waals surface area contributed by atoms with Crippen LogP contribution in [0, 0.1) is 0 Å². The SMILES string of the molecule is COCCCNC(=O)C(C)N1CCOC(C(N)=S)C1. The average Bonchev–Trinajstić information content (AvgIpc) is 2.42.